The van der Waals surface area contributed by atoms with Gasteiger partial charge in [0.2, 0.25) is 0 Å². The van der Waals surface area contributed by atoms with Gasteiger partial charge in [-0.05, 0) is 19.0 Å². The average Bonchev–Trinajstić information content (AvgIpc) is 2.98. The van der Waals surface area contributed by atoms with Crippen LogP contribution in [0.1, 0.15) is 12.0 Å². The molecule has 126 valence electrons. The van der Waals surface area contributed by atoms with E-state index in [0.29, 0.717) is 30.7 Å². The molecule has 1 aromatic rings. The SMILES string of the molecule is COC1(c2cccc(F)c2F)CCNC1.O=C(O)/C=C/C(=O)O. The predicted octanol–water partition coefficient (Wildman–Crippen LogP) is 1.51. The number of carboxylic acids is 2. The van der Waals surface area contributed by atoms with Crippen molar-refractivity contribution >= 4 is 11.9 Å². The molecule has 3 N–H and O–H groups in total. The Kier molecular flexibility index (Phi) is 6.80. The van der Waals surface area contributed by atoms with Gasteiger partial charge in [0.15, 0.2) is 11.6 Å². The lowest BCUT2D eigenvalue weighted by atomic mass is 9.92. The van der Waals surface area contributed by atoms with Crippen LogP contribution < -0.4 is 5.32 Å². The fourth-order valence-corrected chi connectivity index (χ4v) is 2.18. The molecule has 1 heterocycles. The normalized spacial score (nSPS) is 20.1. The zero-order valence-electron chi connectivity index (χ0n) is 12.4. The van der Waals surface area contributed by atoms with Crippen molar-refractivity contribution in [2.24, 2.45) is 0 Å². The van der Waals surface area contributed by atoms with Crippen molar-refractivity contribution in [2.45, 2.75) is 12.0 Å². The Hall–Kier alpha value is -2.32. The molecule has 0 saturated carbocycles. The molecule has 8 heteroatoms. The molecule has 0 aliphatic carbocycles. The number of carbonyl (C=O) groups is 2. The number of hydrogen-bond donors (Lipinski definition) is 3. The molecular weight excluding hydrogens is 312 g/mol. The first-order valence-corrected chi connectivity index (χ1v) is 6.66. The fraction of sp³-hybridized carbons (Fsp3) is 0.333. The van der Waals surface area contributed by atoms with E-state index in [9.17, 15) is 18.4 Å². The molecule has 1 aliphatic rings. The van der Waals surface area contributed by atoms with Gasteiger partial charge in [0, 0.05) is 31.4 Å². The Bertz CT molecular complexity index is 582. The summed E-state index contributed by atoms with van der Waals surface area (Å²) in [6.07, 6.45) is 1.77. The lowest BCUT2D eigenvalue weighted by Crippen LogP contribution is -2.32. The van der Waals surface area contributed by atoms with E-state index in [1.807, 2.05) is 0 Å². The van der Waals surface area contributed by atoms with Gasteiger partial charge in [0.25, 0.3) is 0 Å². The molecule has 1 atom stereocenters. The van der Waals surface area contributed by atoms with Crippen LogP contribution in [0.4, 0.5) is 8.78 Å². The molecule has 0 bridgehead atoms. The summed E-state index contributed by atoms with van der Waals surface area (Å²) in [6.45, 7) is 1.27. The van der Waals surface area contributed by atoms with Crippen molar-refractivity contribution in [1.82, 2.24) is 5.32 Å². The number of benzene rings is 1. The highest BCUT2D eigenvalue weighted by Gasteiger charge is 2.38. The van der Waals surface area contributed by atoms with E-state index in [-0.39, 0.29) is 0 Å². The number of carboxylic acid groups (broad SMARTS) is 2. The van der Waals surface area contributed by atoms with Crippen LogP contribution in [0.3, 0.4) is 0 Å². The number of methoxy groups -OCH3 is 1. The van der Waals surface area contributed by atoms with Gasteiger partial charge >= 0.3 is 11.9 Å². The van der Waals surface area contributed by atoms with E-state index >= 15 is 0 Å². The summed E-state index contributed by atoms with van der Waals surface area (Å²) in [5, 5.41) is 18.7. The van der Waals surface area contributed by atoms with E-state index in [1.165, 1.54) is 13.2 Å². The summed E-state index contributed by atoms with van der Waals surface area (Å²) in [6, 6.07) is 4.20. The van der Waals surface area contributed by atoms with Crippen LogP contribution in [0.15, 0.2) is 30.4 Å². The maximum Gasteiger partial charge on any atom is 0.328 e. The van der Waals surface area contributed by atoms with Crippen molar-refractivity contribution in [2.75, 3.05) is 20.2 Å². The lowest BCUT2D eigenvalue weighted by Gasteiger charge is -2.27. The summed E-state index contributed by atoms with van der Waals surface area (Å²) in [4.78, 5) is 19.1. The third-order valence-corrected chi connectivity index (χ3v) is 3.32. The van der Waals surface area contributed by atoms with Crippen LogP contribution in [0, 0.1) is 11.6 Å². The molecule has 2 rings (SSSR count). The topological polar surface area (TPSA) is 95.9 Å². The highest BCUT2D eigenvalue weighted by molar-refractivity contribution is 5.89. The molecule has 1 aromatic carbocycles. The quantitative estimate of drug-likeness (QED) is 0.725. The van der Waals surface area contributed by atoms with Crippen molar-refractivity contribution in [3.8, 4) is 0 Å². The molecular formula is C15H17F2NO5. The van der Waals surface area contributed by atoms with Gasteiger partial charge < -0.3 is 20.3 Å². The Morgan fingerprint density at radius 1 is 1.26 bits per heavy atom. The van der Waals surface area contributed by atoms with Crippen molar-refractivity contribution in [1.29, 1.82) is 0 Å². The van der Waals surface area contributed by atoms with Crippen LogP contribution in [0.5, 0.6) is 0 Å². The molecule has 0 aromatic heterocycles. The zero-order valence-corrected chi connectivity index (χ0v) is 12.4. The van der Waals surface area contributed by atoms with E-state index in [1.54, 1.807) is 6.07 Å². The second kappa shape index (κ2) is 8.35. The Balaban J connectivity index is 0.000000284. The summed E-state index contributed by atoms with van der Waals surface area (Å²) in [7, 11) is 1.53. The van der Waals surface area contributed by atoms with Crippen molar-refractivity contribution in [3.63, 3.8) is 0 Å². The van der Waals surface area contributed by atoms with Gasteiger partial charge in [0.05, 0.1) is 0 Å². The fourth-order valence-electron chi connectivity index (χ4n) is 2.18. The summed E-state index contributed by atoms with van der Waals surface area (Å²) in [5.41, 5.74) is -0.415. The molecule has 0 spiro atoms. The van der Waals surface area contributed by atoms with Crippen LogP contribution in [-0.4, -0.2) is 42.4 Å². The van der Waals surface area contributed by atoms with Crippen LogP contribution in [0.25, 0.3) is 0 Å². The predicted molar refractivity (Wildman–Crippen MR) is 76.9 cm³/mol. The standard InChI is InChI=1S/C11H13F2NO.C4H4O4/c1-15-11(5-6-14-7-11)8-3-2-4-9(12)10(8)13;5-3(6)1-2-4(7)8/h2-4,14H,5-7H2,1H3;1-2H,(H,5,6)(H,7,8)/b;2-1+. The number of halogens is 2. The van der Waals surface area contributed by atoms with E-state index in [2.05, 4.69) is 5.32 Å². The molecule has 1 unspecified atom stereocenters. The zero-order chi connectivity index (χ0) is 17.5. The van der Waals surface area contributed by atoms with E-state index in [4.69, 9.17) is 14.9 Å². The van der Waals surface area contributed by atoms with Gasteiger partial charge in [-0.1, -0.05) is 12.1 Å². The third-order valence-electron chi connectivity index (χ3n) is 3.32. The van der Waals surface area contributed by atoms with Gasteiger partial charge in [-0.15, -0.1) is 0 Å². The van der Waals surface area contributed by atoms with Crippen molar-refractivity contribution < 1.29 is 33.3 Å². The molecule has 1 fully saturated rings. The monoisotopic (exact) mass is 329 g/mol. The first-order chi connectivity index (χ1) is 10.8. The van der Waals surface area contributed by atoms with Gasteiger partial charge in [0.1, 0.15) is 5.60 Å². The number of hydrogen-bond acceptors (Lipinski definition) is 4. The number of nitrogens with one attached hydrogen (secondary N) is 1. The maximum absolute atomic E-state index is 13.6. The van der Waals surface area contributed by atoms with Gasteiger partial charge in [-0.25, -0.2) is 18.4 Å². The average molecular weight is 329 g/mol. The summed E-state index contributed by atoms with van der Waals surface area (Å²) >= 11 is 0. The molecule has 6 nitrogen and oxygen atoms in total. The lowest BCUT2D eigenvalue weighted by molar-refractivity contribution is -0.134. The molecule has 0 amide bonds. The van der Waals surface area contributed by atoms with Gasteiger partial charge in [-0.2, -0.15) is 0 Å². The van der Waals surface area contributed by atoms with E-state index < -0.39 is 29.2 Å². The number of aliphatic carboxylic acids is 2. The van der Waals surface area contributed by atoms with Crippen LogP contribution in [0.2, 0.25) is 0 Å². The second-order valence-corrected chi connectivity index (χ2v) is 4.74. The molecule has 23 heavy (non-hydrogen) atoms. The van der Waals surface area contributed by atoms with Crippen LogP contribution >= 0.6 is 0 Å². The van der Waals surface area contributed by atoms with Crippen LogP contribution in [-0.2, 0) is 19.9 Å². The Morgan fingerprint density at radius 3 is 2.30 bits per heavy atom. The maximum atomic E-state index is 13.6. The minimum atomic E-state index is -1.26. The van der Waals surface area contributed by atoms with Crippen molar-refractivity contribution in [3.05, 3.63) is 47.5 Å². The van der Waals surface area contributed by atoms with E-state index in [0.717, 1.165) is 12.6 Å². The van der Waals surface area contributed by atoms with Gasteiger partial charge in [-0.3, -0.25) is 0 Å². The first-order valence-electron chi connectivity index (χ1n) is 6.66. The number of ether oxygens (including phenoxy) is 1. The molecule has 1 aliphatic heterocycles. The minimum absolute atomic E-state index is 0.301. The number of rotatable bonds is 4. The Labute approximate surface area is 131 Å². The third kappa shape index (κ3) is 5.11. The molecule has 1 saturated heterocycles. The smallest absolute Gasteiger partial charge is 0.328 e. The molecule has 0 radical (unpaired) electrons. The highest BCUT2D eigenvalue weighted by atomic mass is 19.2. The second-order valence-electron chi connectivity index (χ2n) is 4.74. The summed E-state index contributed by atoms with van der Waals surface area (Å²) < 4.78 is 32.0. The first kappa shape index (κ1) is 18.7. The minimum Gasteiger partial charge on any atom is -0.478 e. The summed E-state index contributed by atoms with van der Waals surface area (Å²) in [5.74, 6) is -4.14. The largest absolute Gasteiger partial charge is 0.478 e. The highest BCUT2D eigenvalue weighted by Crippen LogP contribution is 2.33. The Morgan fingerprint density at radius 2 is 1.87 bits per heavy atom.